The van der Waals surface area contributed by atoms with Crippen LogP contribution in [0.3, 0.4) is 0 Å². The lowest BCUT2D eigenvalue weighted by Gasteiger charge is -2.09. The number of hydrogen-bond donors (Lipinski definition) is 1. The second-order valence-corrected chi connectivity index (χ2v) is 9.10. The summed E-state index contributed by atoms with van der Waals surface area (Å²) < 4.78 is 0. The highest BCUT2D eigenvalue weighted by Crippen LogP contribution is 2.37. The molecule has 4 aromatic carbocycles. The molecular formula is C31H21N3O. The van der Waals surface area contributed by atoms with E-state index in [1.165, 1.54) is 27.8 Å². The van der Waals surface area contributed by atoms with Crippen LogP contribution in [-0.4, -0.2) is 20.7 Å². The Kier molecular flexibility index (Phi) is 4.39. The standard InChI is InChI=1S/C31H21N3O/c35-30(26-11-5-8-20-6-1-3-9-23(20)26)27-17-32-31-29(27)28(33-18-34-31)15-19-12-13-25-22(14-19)16-21-7-2-4-10-24(21)25/h1-14,17-18H,15-16H2,(H,32,33,34). The fraction of sp³-hybridized carbons (Fsp3) is 0.0645. The van der Waals surface area contributed by atoms with Crippen molar-refractivity contribution in [3.8, 4) is 11.1 Å². The van der Waals surface area contributed by atoms with Crippen LogP contribution in [0.5, 0.6) is 0 Å². The molecule has 0 saturated carbocycles. The number of nitrogens with zero attached hydrogens (tertiary/aromatic N) is 2. The minimum atomic E-state index is -0.0199. The summed E-state index contributed by atoms with van der Waals surface area (Å²) in [4.78, 5) is 26.0. The van der Waals surface area contributed by atoms with E-state index in [0.717, 1.165) is 28.3 Å². The third-order valence-electron chi connectivity index (χ3n) is 7.06. The van der Waals surface area contributed by atoms with E-state index in [-0.39, 0.29) is 5.78 Å². The van der Waals surface area contributed by atoms with Crippen LogP contribution >= 0.6 is 0 Å². The highest BCUT2D eigenvalue weighted by molar-refractivity contribution is 6.21. The molecule has 0 amide bonds. The molecule has 35 heavy (non-hydrogen) atoms. The molecule has 0 aliphatic heterocycles. The first kappa shape index (κ1) is 19.9. The number of benzene rings is 4. The van der Waals surface area contributed by atoms with Gasteiger partial charge in [0.25, 0.3) is 0 Å². The number of carbonyl (C=O) groups is 1. The maximum Gasteiger partial charge on any atom is 0.195 e. The maximum atomic E-state index is 13.7. The SMILES string of the molecule is O=C(c1cccc2ccccc12)c1c[nH]c2ncnc(Cc3ccc4c(c3)Cc3ccccc3-4)c12. The summed E-state index contributed by atoms with van der Waals surface area (Å²) in [7, 11) is 0. The summed E-state index contributed by atoms with van der Waals surface area (Å²) in [6, 6.07) is 29.1. The lowest BCUT2D eigenvalue weighted by Crippen LogP contribution is -2.04. The quantitative estimate of drug-likeness (QED) is 0.311. The molecule has 4 heteroatoms. The third kappa shape index (κ3) is 3.18. The van der Waals surface area contributed by atoms with Gasteiger partial charge in [-0.25, -0.2) is 9.97 Å². The fourth-order valence-corrected chi connectivity index (χ4v) is 5.41. The molecule has 0 unspecified atom stereocenters. The molecule has 0 fully saturated rings. The molecule has 0 saturated heterocycles. The molecule has 166 valence electrons. The average Bonchev–Trinajstić information content (AvgIpc) is 3.50. The number of H-pyrrole nitrogens is 1. The van der Waals surface area contributed by atoms with Gasteiger partial charge in [-0.2, -0.15) is 0 Å². The van der Waals surface area contributed by atoms with Gasteiger partial charge in [0, 0.05) is 18.2 Å². The molecule has 1 aliphatic rings. The van der Waals surface area contributed by atoms with Crippen molar-refractivity contribution in [3.63, 3.8) is 0 Å². The van der Waals surface area contributed by atoms with Crippen molar-refractivity contribution in [2.24, 2.45) is 0 Å². The zero-order valence-corrected chi connectivity index (χ0v) is 19.0. The zero-order valence-electron chi connectivity index (χ0n) is 19.0. The molecule has 1 aliphatic carbocycles. The van der Waals surface area contributed by atoms with Gasteiger partial charge in [0.15, 0.2) is 5.78 Å². The molecule has 4 nitrogen and oxygen atoms in total. The zero-order chi connectivity index (χ0) is 23.4. The molecule has 0 radical (unpaired) electrons. The number of nitrogens with one attached hydrogen (secondary N) is 1. The van der Waals surface area contributed by atoms with E-state index in [1.54, 1.807) is 12.5 Å². The van der Waals surface area contributed by atoms with E-state index in [1.807, 2.05) is 42.5 Å². The number of aromatic nitrogens is 3. The van der Waals surface area contributed by atoms with Crippen LogP contribution in [0, 0.1) is 0 Å². The van der Waals surface area contributed by atoms with Gasteiger partial charge in [-0.1, -0.05) is 84.9 Å². The van der Waals surface area contributed by atoms with Crippen LogP contribution in [0.15, 0.2) is 97.5 Å². The topological polar surface area (TPSA) is 58.6 Å². The van der Waals surface area contributed by atoms with Gasteiger partial charge in [0.05, 0.1) is 16.6 Å². The van der Waals surface area contributed by atoms with Gasteiger partial charge in [-0.3, -0.25) is 4.79 Å². The van der Waals surface area contributed by atoms with Crippen molar-refractivity contribution in [2.45, 2.75) is 12.8 Å². The summed E-state index contributed by atoms with van der Waals surface area (Å²) in [5.41, 5.74) is 9.38. The van der Waals surface area contributed by atoms with Gasteiger partial charge in [0.1, 0.15) is 12.0 Å². The van der Waals surface area contributed by atoms with Gasteiger partial charge in [-0.15, -0.1) is 0 Å². The summed E-state index contributed by atoms with van der Waals surface area (Å²) in [6.45, 7) is 0. The van der Waals surface area contributed by atoms with E-state index in [2.05, 4.69) is 57.4 Å². The first-order valence-electron chi connectivity index (χ1n) is 11.8. The highest BCUT2D eigenvalue weighted by Gasteiger charge is 2.21. The molecule has 1 N–H and O–H groups in total. The van der Waals surface area contributed by atoms with E-state index < -0.39 is 0 Å². The van der Waals surface area contributed by atoms with Crippen LogP contribution in [0.2, 0.25) is 0 Å². The van der Waals surface area contributed by atoms with Gasteiger partial charge < -0.3 is 4.98 Å². The predicted octanol–water partition coefficient (Wildman–Crippen LogP) is 6.50. The molecule has 2 heterocycles. The Morgan fingerprint density at radius 1 is 0.800 bits per heavy atom. The molecule has 0 atom stereocenters. The van der Waals surface area contributed by atoms with Gasteiger partial charge in [-0.05, 0) is 45.0 Å². The summed E-state index contributed by atoms with van der Waals surface area (Å²) in [5, 5.41) is 2.80. The largest absolute Gasteiger partial charge is 0.345 e. The molecule has 0 bridgehead atoms. The van der Waals surface area contributed by atoms with Gasteiger partial charge in [0.2, 0.25) is 0 Å². The Morgan fingerprint density at radius 3 is 2.60 bits per heavy atom. The maximum absolute atomic E-state index is 13.7. The number of fused-ring (bicyclic) bond motifs is 5. The van der Waals surface area contributed by atoms with E-state index in [0.29, 0.717) is 23.2 Å². The Bertz CT molecular complexity index is 1770. The number of aromatic amines is 1. The van der Waals surface area contributed by atoms with E-state index in [4.69, 9.17) is 0 Å². The van der Waals surface area contributed by atoms with Crippen LogP contribution in [0.4, 0.5) is 0 Å². The Labute approximate surface area is 202 Å². The highest BCUT2D eigenvalue weighted by atomic mass is 16.1. The predicted molar refractivity (Wildman–Crippen MR) is 139 cm³/mol. The second kappa shape index (κ2) is 7.74. The monoisotopic (exact) mass is 451 g/mol. The van der Waals surface area contributed by atoms with Crippen molar-refractivity contribution in [3.05, 3.63) is 131 Å². The first-order chi connectivity index (χ1) is 17.3. The molecular weight excluding hydrogens is 430 g/mol. The number of ketones is 1. The lowest BCUT2D eigenvalue weighted by molar-refractivity contribution is 0.104. The van der Waals surface area contributed by atoms with Crippen molar-refractivity contribution in [1.29, 1.82) is 0 Å². The van der Waals surface area contributed by atoms with Crippen molar-refractivity contribution < 1.29 is 4.79 Å². The molecule has 6 aromatic rings. The van der Waals surface area contributed by atoms with Crippen molar-refractivity contribution in [1.82, 2.24) is 15.0 Å². The number of hydrogen-bond acceptors (Lipinski definition) is 3. The van der Waals surface area contributed by atoms with Crippen LogP contribution < -0.4 is 0 Å². The molecule has 2 aromatic heterocycles. The van der Waals surface area contributed by atoms with Crippen LogP contribution in [0.1, 0.15) is 38.3 Å². The average molecular weight is 452 g/mol. The van der Waals surface area contributed by atoms with Crippen LogP contribution in [-0.2, 0) is 12.8 Å². The van der Waals surface area contributed by atoms with Gasteiger partial charge >= 0.3 is 0 Å². The third-order valence-corrected chi connectivity index (χ3v) is 7.06. The molecule has 7 rings (SSSR count). The normalized spacial score (nSPS) is 12.1. The molecule has 0 spiro atoms. The Hall–Kier alpha value is -4.57. The Morgan fingerprint density at radius 2 is 1.63 bits per heavy atom. The van der Waals surface area contributed by atoms with Crippen molar-refractivity contribution >= 4 is 27.6 Å². The minimum Gasteiger partial charge on any atom is -0.345 e. The summed E-state index contributed by atoms with van der Waals surface area (Å²) in [6.07, 6.45) is 4.93. The lowest BCUT2D eigenvalue weighted by atomic mass is 9.95. The first-order valence-corrected chi connectivity index (χ1v) is 11.8. The summed E-state index contributed by atoms with van der Waals surface area (Å²) in [5.74, 6) is -0.0199. The number of carbonyl (C=O) groups excluding carboxylic acids is 1. The second-order valence-electron chi connectivity index (χ2n) is 9.10. The van der Waals surface area contributed by atoms with E-state index >= 15 is 0 Å². The minimum absolute atomic E-state index is 0.0199. The summed E-state index contributed by atoms with van der Waals surface area (Å²) >= 11 is 0. The van der Waals surface area contributed by atoms with E-state index in [9.17, 15) is 4.79 Å². The smallest absolute Gasteiger partial charge is 0.195 e. The Balaban J connectivity index is 1.30. The number of rotatable bonds is 4. The fourth-order valence-electron chi connectivity index (χ4n) is 5.41. The van der Waals surface area contributed by atoms with Crippen LogP contribution in [0.25, 0.3) is 32.9 Å². The van der Waals surface area contributed by atoms with Crippen molar-refractivity contribution in [2.75, 3.05) is 0 Å².